The van der Waals surface area contributed by atoms with Crippen LogP contribution >= 0.6 is 0 Å². The highest BCUT2D eigenvalue weighted by molar-refractivity contribution is 5.97. The Labute approximate surface area is 193 Å². The Morgan fingerprint density at radius 3 is 2.58 bits per heavy atom. The van der Waals surface area contributed by atoms with Gasteiger partial charge in [0.15, 0.2) is 5.69 Å². The van der Waals surface area contributed by atoms with Crippen LogP contribution < -0.4 is 10.1 Å². The summed E-state index contributed by atoms with van der Waals surface area (Å²) in [5, 5.41) is 11.3. The van der Waals surface area contributed by atoms with Crippen LogP contribution in [0.15, 0.2) is 48.7 Å². The molecule has 8 nitrogen and oxygen atoms in total. The summed E-state index contributed by atoms with van der Waals surface area (Å²) in [5.74, 6) is 0.286. The van der Waals surface area contributed by atoms with Crippen LogP contribution in [0.25, 0.3) is 5.69 Å². The number of aryl methyl sites for hydroxylation is 2. The number of amides is 2. The van der Waals surface area contributed by atoms with Gasteiger partial charge >= 0.3 is 0 Å². The summed E-state index contributed by atoms with van der Waals surface area (Å²) in [6, 6.07) is 13.2. The molecule has 0 aliphatic carbocycles. The number of rotatable bonds is 6. The number of benzene rings is 2. The molecule has 33 heavy (non-hydrogen) atoms. The molecule has 3 aromatic rings. The predicted octanol–water partition coefficient (Wildman–Crippen LogP) is 3.32. The second kappa shape index (κ2) is 9.85. The molecule has 1 fully saturated rings. The van der Waals surface area contributed by atoms with Gasteiger partial charge in [0, 0.05) is 19.1 Å². The number of likely N-dealkylation sites (tertiary alicyclic amines) is 1. The SMILES string of the molecule is CCOc1ccccc1C(=O)NC1CCN(C(=O)c2cn(-c3ccc(C)c(C)c3)nn2)CC1. The minimum Gasteiger partial charge on any atom is -0.493 e. The number of ether oxygens (including phenoxy) is 1. The van der Waals surface area contributed by atoms with E-state index in [1.54, 1.807) is 27.9 Å². The lowest BCUT2D eigenvalue weighted by Crippen LogP contribution is -2.46. The molecule has 1 saturated heterocycles. The van der Waals surface area contributed by atoms with Crippen molar-refractivity contribution in [2.75, 3.05) is 19.7 Å². The number of carbonyl (C=O) groups excluding carboxylic acids is 2. The molecule has 172 valence electrons. The molecule has 1 aromatic heterocycles. The van der Waals surface area contributed by atoms with Crippen LogP contribution in [0.2, 0.25) is 0 Å². The first-order chi connectivity index (χ1) is 16.0. The molecular weight excluding hydrogens is 418 g/mol. The molecule has 2 heterocycles. The van der Waals surface area contributed by atoms with Crippen molar-refractivity contribution in [3.8, 4) is 11.4 Å². The summed E-state index contributed by atoms with van der Waals surface area (Å²) in [5.41, 5.74) is 4.08. The average molecular weight is 448 g/mol. The van der Waals surface area contributed by atoms with Crippen molar-refractivity contribution in [1.82, 2.24) is 25.2 Å². The van der Waals surface area contributed by atoms with Gasteiger partial charge in [0.05, 0.1) is 24.1 Å². The standard InChI is InChI=1S/C25H29N5O3/c1-4-33-23-8-6-5-7-21(23)24(31)26-19-11-13-29(14-12-19)25(32)22-16-30(28-27-22)20-10-9-17(2)18(3)15-20/h5-10,15-16,19H,4,11-14H2,1-3H3,(H,26,31). The topological polar surface area (TPSA) is 89.4 Å². The van der Waals surface area contributed by atoms with Gasteiger partial charge in [0.25, 0.3) is 11.8 Å². The Bertz CT molecular complexity index is 1150. The van der Waals surface area contributed by atoms with Crippen LogP contribution in [0.5, 0.6) is 5.75 Å². The van der Waals surface area contributed by atoms with E-state index in [1.807, 2.05) is 44.2 Å². The molecule has 4 rings (SSSR count). The highest BCUT2D eigenvalue weighted by Crippen LogP contribution is 2.20. The Morgan fingerprint density at radius 1 is 1.09 bits per heavy atom. The second-order valence-electron chi connectivity index (χ2n) is 8.29. The van der Waals surface area contributed by atoms with Crippen molar-refractivity contribution in [3.63, 3.8) is 0 Å². The summed E-state index contributed by atoms with van der Waals surface area (Å²) in [6.07, 6.45) is 3.03. The van der Waals surface area contributed by atoms with Crippen LogP contribution in [-0.4, -0.2) is 57.4 Å². The number of carbonyl (C=O) groups is 2. The highest BCUT2D eigenvalue weighted by atomic mass is 16.5. The van der Waals surface area contributed by atoms with E-state index in [0.29, 0.717) is 49.5 Å². The van der Waals surface area contributed by atoms with Crippen molar-refractivity contribution in [2.45, 2.75) is 39.7 Å². The summed E-state index contributed by atoms with van der Waals surface area (Å²) < 4.78 is 7.19. The molecule has 0 spiro atoms. The summed E-state index contributed by atoms with van der Waals surface area (Å²) >= 11 is 0. The zero-order valence-electron chi connectivity index (χ0n) is 19.2. The fourth-order valence-corrected chi connectivity index (χ4v) is 3.94. The lowest BCUT2D eigenvalue weighted by atomic mass is 10.0. The molecule has 0 radical (unpaired) electrons. The molecule has 0 bridgehead atoms. The van der Waals surface area contributed by atoms with Gasteiger partial charge in [-0.1, -0.05) is 23.4 Å². The van der Waals surface area contributed by atoms with Gasteiger partial charge < -0.3 is 15.0 Å². The summed E-state index contributed by atoms with van der Waals surface area (Å²) in [7, 11) is 0. The highest BCUT2D eigenvalue weighted by Gasteiger charge is 2.27. The number of piperidine rings is 1. The number of aromatic nitrogens is 3. The summed E-state index contributed by atoms with van der Waals surface area (Å²) in [4.78, 5) is 27.4. The zero-order chi connectivity index (χ0) is 23.4. The van der Waals surface area contributed by atoms with Crippen molar-refractivity contribution < 1.29 is 14.3 Å². The molecule has 2 amide bonds. The minimum atomic E-state index is -0.153. The normalized spacial score (nSPS) is 14.2. The van der Waals surface area contributed by atoms with Crippen molar-refractivity contribution in [3.05, 3.63) is 71.0 Å². The van der Waals surface area contributed by atoms with E-state index < -0.39 is 0 Å². The quantitative estimate of drug-likeness (QED) is 0.626. The number of para-hydroxylation sites is 1. The largest absolute Gasteiger partial charge is 0.493 e. The third-order valence-corrected chi connectivity index (χ3v) is 6.02. The number of hydrogen-bond donors (Lipinski definition) is 1. The van der Waals surface area contributed by atoms with E-state index >= 15 is 0 Å². The number of nitrogens with zero attached hydrogens (tertiary/aromatic N) is 4. The van der Waals surface area contributed by atoms with E-state index in [2.05, 4.69) is 22.6 Å². The van der Waals surface area contributed by atoms with E-state index in [-0.39, 0.29) is 17.9 Å². The van der Waals surface area contributed by atoms with E-state index in [4.69, 9.17) is 4.74 Å². The number of hydrogen-bond acceptors (Lipinski definition) is 5. The van der Waals surface area contributed by atoms with Crippen LogP contribution in [0.4, 0.5) is 0 Å². The Hall–Kier alpha value is -3.68. The zero-order valence-corrected chi connectivity index (χ0v) is 19.2. The molecule has 0 unspecified atom stereocenters. The van der Waals surface area contributed by atoms with Gasteiger partial charge in [0.1, 0.15) is 5.75 Å². The summed E-state index contributed by atoms with van der Waals surface area (Å²) in [6.45, 7) is 7.58. The predicted molar refractivity (Wildman–Crippen MR) is 125 cm³/mol. The van der Waals surface area contributed by atoms with Crippen LogP contribution in [-0.2, 0) is 0 Å². The average Bonchev–Trinajstić information content (AvgIpc) is 3.32. The van der Waals surface area contributed by atoms with Crippen LogP contribution in [0.3, 0.4) is 0 Å². The molecular formula is C25H29N5O3. The minimum absolute atomic E-state index is 0.00227. The maximum absolute atomic E-state index is 12.9. The van der Waals surface area contributed by atoms with Crippen molar-refractivity contribution in [1.29, 1.82) is 0 Å². The first-order valence-electron chi connectivity index (χ1n) is 11.3. The van der Waals surface area contributed by atoms with Gasteiger partial charge in [-0.05, 0) is 69.0 Å². The molecule has 0 atom stereocenters. The Morgan fingerprint density at radius 2 is 1.85 bits per heavy atom. The van der Waals surface area contributed by atoms with Crippen molar-refractivity contribution >= 4 is 11.8 Å². The van der Waals surface area contributed by atoms with Gasteiger partial charge in [-0.25, -0.2) is 4.68 Å². The maximum Gasteiger partial charge on any atom is 0.276 e. The monoisotopic (exact) mass is 447 g/mol. The molecule has 2 aromatic carbocycles. The Balaban J connectivity index is 1.34. The third kappa shape index (κ3) is 5.05. The fraction of sp³-hybridized carbons (Fsp3) is 0.360. The molecule has 1 aliphatic rings. The molecule has 8 heteroatoms. The smallest absolute Gasteiger partial charge is 0.276 e. The fourth-order valence-electron chi connectivity index (χ4n) is 3.94. The lowest BCUT2D eigenvalue weighted by molar-refractivity contribution is 0.0692. The first kappa shape index (κ1) is 22.5. The molecule has 0 saturated carbocycles. The third-order valence-electron chi connectivity index (χ3n) is 6.02. The molecule has 1 aliphatic heterocycles. The van der Waals surface area contributed by atoms with Gasteiger partial charge in [0.2, 0.25) is 0 Å². The number of nitrogens with one attached hydrogen (secondary N) is 1. The lowest BCUT2D eigenvalue weighted by Gasteiger charge is -2.32. The van der Waals surface area contributed by atoms with Crippen molar-refractivity contribution in [2.24, 2.45) is 0 Å². The van der Waals surface area contributed by atoms with Crippen LogP contribution in [0, 0.1) is 13.8 Å². The maximum atomic E-state index is 12.9. The van der Waals surface area contributed by atoms with Crippen LogP contribution in [0.1, 0.15) is 51.7 Å². The van der Waals surface area contributed by atoms with Gasteiger partial charge in [-0.2, -0.15) is 0 Å². The van der Waals surface area contributed by atoms with E-state index in [0.717, 1.165) is 11.3 Å². The van der Waals surface area contributed by atoms with Gasteiger partial charge in [-0.15, -0.1) is 5.10 Å². The van der Waals surface area contributed by atoms with E-state index in [9.17, 15) is 9.59 Å². The molecule has 1 N–H and O–H groups in total. The Kier molecular flexibility index (Phi) is 6.72. The van der Waals surface area contributed by atoms with E-state index in [1.165, 1.54) is 5.56 Å². The van der Waals surface area contributed by atoms with Gasteiger partial charge in [-0.3, -0.25) is 9.59 Å². The second-order valence-corrected chi connectivity index (χ2v) is 8.29. The first-order valence-corrected chi connectivity index (χ1v) is 11.3.